The number of aromatic nitrogens is 3. The van der Waals surface area contributed by atoms with Crippen LogP contribution in [0.1, 0.15) is 26.5 Å². The number of aromatic amines is 1. The SMILES string of the molecule is CC(C)(C)OC(=O)NC(Cc1cn[nH]n1)C(=O)O. The molecule has 1 amide bonds. The second-order valence-electron chi connectivity index (χ2n) is 4.70. The van der Waals surface area contributed by atoms with Gasteiger partial charge >= 0.3 is 12.1 Å². The fourth-order valence-electron chi connectivity index (χ4n) is 1.18. The first kappa shape index (κ1) is 13.9. The van der Waals surface area contributed by atoms with Crippen molar-refractivity contribution in [1.29, 1.82) is 0 Å². The zero-order chi connectivity index (χ0) is 13.8. The van der Waals surface area contributed by atoms with Crippen molar-refractivity contribution in [3.63, 3.8) is 0 Å². The Balaban J connectivity index is 2.58. The molecule has 8 heteroatoms. The van der Waals surface area contributed by atoms with Gasteiger partial charge in [-0.3, -0.25) is 0 Å². The maximum atomic E-state index is 11.5. The van der Waals surface area contributed by atoms with E-state index in [0.29, 0.717) is 5.69 Å². The molecule has 1 atom stereocenters. The highest BCUT2D eigenvalue weighted by Crippen LogP contribution is 2.07. The van der Waals surface area contributed by atoms with E-state index in [-0.39, 0.29) is 6.42 Å². The summed E-state index contributed by atoms with van der Waals surface area (Å²) < 4.78 is 4.98. The van der Waals surface area contributed by atoms with Crippen molar-refractivity contribution in [3.8, 4) is 0 Å². The molecule has 8 nitrogen and oxygen atoms in total. The maximum absolute atomic E-state index is 11.5. The van der Waals surface area contributed by atoms with Crippen molar-refractivity contribution < 1.29 is 19.4 Å². The van der Waals surface area contributed by atoms with Gasteiger partial charge in [0.05, 0.1) is 11.9 Å². The number of nitrogens with zero attached hydrogens (tertiary/aromatic N) is 2. The Hall–Kier alpha value is -2.12. The smallest absolute Gasteiger partial charge is 0.408 e. The van der Waals surface area contributed by atoms with Crippen LogP contribution in [0.15, 0.2) is 6.20 Å². The first-order valence-corrected chi connectivity index (χ1v) is 5.35. The van der Waals surface area contributed by atoms with Gasteiger partial charge in [-0.15, -0.1) is 0 Å². The Labute approximate surface area is 104 Å². The zero-order valence-corrected chi connectivity index (χ0v) is 10.4. The Kier molecular flexibility index (Phi) is 4.24. The van der Waals surface area contributed by atoms with E-state index in [2.05, 4.69) is 20.7 Å². The molecule has 0 bridgehead atoms. The van der Waals surface area contributed by atoms with Gasteiger partial charge in [-0.2, -0.15) is 15.4 Å². The average Bonchev–Trinajstić information content (AvgIpc) is 2.66. The fraction of sp³-hybridized carbons (Fsp3) is 0.600. The van der Waals surface area contributed by atoms with Crippen molar-refractivity contribution in [3.05, 3.63) is 11.9 Å². The number of aliphatic carboxylic acids is 1. The molecule has 18 heavy (non-hydrogen) atoms. The number of rotatable bonds is 4. The lowest BCUT2D eigenvalue weighted by Crippen LogP contribution is -2.44. The summed E-state index contributed by atoms with van der Waals surface area (Å²) in [5.74, 6) is -1.16. The first-order chi connectivity index (χ1) is 8.28. The van der Waals surface area contributed by atoms with Gasteiger partial charge in [-0.05, 0) is 20.8 Å². The lowest BCUT2D eigenvalue weighted by atomic mass is 10.1. The van der Waals surface area contributed by atoms with Crippen LogP contribution in [0, 0.1) is 0 Å². The highest BCUT2D eigenvalue weighted by Gasteiger charge is 2.24. The second-order valence-corrected chi connectivity index (χ2v) is 4.70. The molecule has 0 aliphatic carbocycles. The third kappa shape index (κ3) is 4.81. The quantitative estimate of drug-likeness (QED) is 0.714. The molecule has 0 aliphatic rings. The Morgan fingerprint density at radius 3 is 2.67 bits per heavy atom. The summed E-state index contributed by atoms with van der Waals surface area (Å²) in [5, 5.41) is 20.9. The van der Waals surface area contributed by atoms with Crippen LogP contribution in [0.25, 0.3) is 0 Å². The van der Waals surface area contributed by atoms with Crippen molar-refractivity contribution in [2.75, 3.05) is 0 Å². The second kappa shape index (κ2) is 5.48. The van der Waals surface area contributed by atoms with Gasteiger partial charge < -0.3 is 15.2 Å². The molecule has 1 unspecified atom stereocenters. The minimum atomic E-state index is -1.16. The van der Waals surface area contributed by atoms with Crippen LogP contribution in [0.5, 0.6) is 0 Å². The van der Waals surface area contributed by atoms with E-state index in [4.69, 9.17) is 9.84 Å². The molecule has 0 saturated carbocycles. The predicted molar refractivity (Wildman–Crippen MR) is 60.9 cm³/mol. The highest BCUT2D eigenvalue weighted by atomic mass is 16.6. The van der Waals surface area contributed by atoms with E-state index < -0.39 is 23.7 Å². The Morgan fingerprint density at radius 2 is 2.22 bits per heavy atom. The van der Waals surface area contributed by atoms with Gasteiger partial charge in [0, 0.05) is 6.42 Å². The average molecular weight is 256 g/mol. The molecular formula is C10H16N4O4. The van der Waals surface area contributed by atoms with Crippen molar-refractivity contribution in [2.24, 2.45) is 0 Å². The van der Waals surface area contributed by atoms with Gasteiger partial charge in [0.15, 0.2) is 0 Å². The van der Waals surface area contributed by atoms with Gasteiger partial charge in [-0.25, -0.2) is 9.59 Å². The van der Waals surface area contributed by atoms with Crippen LogP contribution in [0.3, 0.4) is 0 Å². The number of carboxylic acid groups (broad SMARTS) is 1. The minimum absolute atomic E-state index is 0.0328. The first-order valence-electron chi connectivity index (χ1n) is 5.35. The van der Waals surface area contributed by atoms with Crippen LogP contribution in [0.4, 0.5) is 4.79 Å². The lowest BCUT2D eigenvalue weighted by Gasteiger charge is -2.21. The molecule has 0 spiro atoms. The normalized spacial score (nSPS) is 12.8. The summed E-state index contributed by atoms with van der Waals surface area (Å²) in [6.45, 7) is 5.08. The van der Waals surface area contributed by atoms with Crippen molar-refractivity contribution in [1.82, 2.24) is 20.7 Å². The van der Waals surface area contributed by atoms with E-state index in [9.17, 15) is 9.59 Å². The lowest BCUT2D eigenvalue weighted by molar-refractivity contribution is -0.139. The molecule has 0 radical (unpaired) electrons. The Bertz CT molecular complexity index is 410. The number of H-pyrrole nitrogens is 1. The number of hydrogen-bond donors (Lipinski definition) is 3. The molecule has 100 valence electrons. The third-order valence-corrected chi connectivity index (χ3v) is 1.87. The number of carbonyl (C=O) groups is 2. The molecule has 0 aromatic carbocycles. The monoisotopic (exact) mass is 256 g/mol. The van der Waals surface area contributed by atoms with Gasteiger partial charge in [-0.1, -0.05) is 0 Å². The summed E-state index contributed by atoms with van der Waals surface area (Å²) in [6, 6.07) is -1.11. The molecule has 1 rings (SSSR count). The summed E-state index contributed by atoms with van der Waals surface area (Å²) >= 11 is 0. The van der Waals surface area contributed by atoms with E-state index in [1.165, 1.54) is 6.20 Å². The number of carbonyl (C=O) groups excluding carboxylic acids is 1. The van der Waals surface area contributed by atoms with E-state index in [1.54, 1.807) is 20.8 Å². The molecule has 1 aromatic rings. The minimum Gasteiger partial charge on any atom is -0.480 e. The molecule has 0 saturated heterocycles. The summed E-state index contributed by atoms with van der Waals surface area (Å²) in [6.07, 6.45) is 0.649. The van der Waals surface area contributed by atoms with Crippen LogP contribution in [0.2, 0.25) is 0 Å². The molecular weight excluding hydrogens is 240 g/mol. The largest absolute Gasteiger partial charge is 0.480 e. The summed E-state index contributed by atoms with van der Waals surface area (Å²) in [4.78, 5) is 22.5. The van der Waals surface area contributed by atoms with Crippen LogP contribution in [-0.2, 0) is 16.0 Å². The standard InChI is InChI=1S/C10H16N4O4/c1-10(2,3)18-9(17)12-7(8(15)16)4-6-5-11-14-13-6/h5,7H,4H2,1-3H3,(H,12,17)(H,15,16)(H,11,13,14). The van der Waals surface area contributed by atoms with Gasteiger partial charge in [0.1, 0.15) is 11.6 Å². The Morgan fingerprint density at radius 1 is 1.56 bits per heavy atom. The van der Waals surface area contributed by atoms with Crippen LogP contribution in [-0.4, -0.2) is 44.2 Å². The number of amides is 1. The molecule has 3 N–H and O–H groups in total. The number of alkyl carbamates (subject to hydrolysis) is 1. The zero-order valence-electron chi connectivity index (χ0n) is 10.4. The topological polar surface area (TPSA) is 117 Å². The highest BCUT2D eigenvalue weighted by molar-refractivity contribution is 5.80. The van der Waals surface area contributed by atoms with Gasteiger partial charge in [0.2, 0.25) is 0 Å². The van der Waals surface area contributed by atoms with E-state index in [0.717, 1.165) is 0 Å². The van der Waals surface area contributed by atoms with Crippen molar-refractivity contribution in [2.45, 2.75) is 38.8 Å². The summed E-state index contributed by atoms with van der Waals surface area (Å²) in [5.41, 5.74) is -0.237. The van der Waals surface area contributed by atoms with E-state index >= 15 is 0 Å². The molecule has 1 heterocycles. The molecule has 0 fully saturated rings. The number of ether oxygens (including phenoxy) is 1. The number of nitrogens with one attached hydrogen (secondary N) is 2. The fourth-order valence-corrected chi connectivity index (χ4v) is 1.18. The summed E-state index contributed by atoms with van der Waals surface area (Å²) in [7, 11) is 0. The number of hydrogen-bond acceptors (Lipinski definition) is 5. The third-order valence-electron chi connectivity index (χ3n) is 1.87. The van der Waals surface area contributed by atoms with Crippen molar-refractivity contribution >= 4 is 12.1 Å². The molecule has 1 aromatic heterocycles. The van der Waals surface area contributed by atoms with Crippen LogP contribution < -0.4 is 5.32 Å². The maximum Gasteiger partial charge on any atom is 0.408 e. The predicted octanol–water partition coefficient (Wildman–Crippen LogP) is 0.325. The molecule has 0 aliphatic heterocycles. The van der Waals surface area contributed by atoms with Crippen LogP contribution >= 0.6 is 0 Å². The van der Waals surface area contributed by atoms with Gasteiger partial charge in [0.25, 0.3) is 0 Å². The van der Waals surface area contributed by atoms with E-state index in [1.807, 2.05) is 0 Å². The number of carboxylic acids is 1.